The van der Waals surface area contributed by atoms with Gasteiger partial charge in [0, 0.05) is 23.0 Å². The van der Waals surface area contributed by atoms with Crippen LogP contribution in [-0.4, -0.2) is 4.57 Å². The van der Waals surface area contributed by atoms with Crippen molar-refractivity contribution in [3.05, 3.63) is 58.7 Å². The van der Waals surface area contributed by atoms with Gasteiger partial charge in [-0.15, -0.1) is 0 Å². The Kier molecular flexibility index (Phi) is 3.40. The molecular weight excluding hydrogens is 263 g/mol. The Bertz CT molecular complexity index is 670. The molecule has 1 aromatic carbocycles. The minimum Gasteiger partial charge on any atom is -0.344 e. The largest absolute Gasteiger partial charge is 0.344 e. The summed E-state index contributed by atoms with van der Waals surface area (Å²) in [5, 5.41) is 0. The average Bonchev–Trinajstić information content (AvgIpc) is 2.69. The fraction of sp³-hybridized carbons (Fsp3) is 0.444. The van der Waals surface area contributed by atoms with Crippen LogP contribution in [0.15, 0.2) is 30.3 Å². The average molecular weight is 286 g/mol. The van der Waals surface area contributed by atoms with Crippen LogP contribution >= 0.6 is 0 Å². The molecule has 3 heteroatoms. The van der Waals surface area contributed by atoms with Crippen LogP contribution in [0, 0.1) is 18.2 Å². The van der Waals surface area contributed by atoms with Gasteiger partial charge in [0.25, 0.3) is 0 Å². The van der Waals surface area contributed by atoms with Crippen molar-refractivity contribution < 1.29 is 4.39 Å². The van der Waals surface area contributed by atoms with E-state index in [0.29, 0.717) is 6.54 Å². The zero-order valence-electron chi connectivity index (χ0n) is 13.0. The number of rotatable bonds is 2. The second-order valence-electron chi connectivity index (χ2n) is 7.02. The molecule has 2 N–H and O–H groups in total. The zero-order valence-corrected chi connectivity index (χ0v) is 13.0. The first kappa shape index (κ1) is 14.3. The van der Waals surface area contributed by atoms with E-state index in [-0.39, 0.29) is 17.3 Å². The molecule has 2 aromatic rings. The van der Waals surface area contributed by atoms with Gasteiger partial charge in [-0.3, -0.25) is 0 Å². The number of nitrogens with two attached hydrogens (primary N) is 1. The highest BCUT2D eigenvalue weighted by atomic mass is 19.1. The molecule has 1 aliphatic carbocycles. The van der Waals surface area contributed by atoms with Gasteiger partial charge in [0.2, 0.25) is 0 Å². The van der Waals surface area contributed by atoms with E-state index in [1.807, 2.05) is 12.1 Å². The first-order chi connectivity index (χ1) is 9.87. The van der Waals surface area contributed by atoms with Crippen molar-refractivity contribution in [3.63, 3.8) is 0 Å². The van der Waals surface area contributed by atoms with Crippen molar-refractivity contribution in [2.24, 2.45) is 11.1 Å². The molecule has 0 spiro atoms. The van der Waals surface area contributed by atoms with E-state index < -0.39 is 0 Å². The zero-order chi connectivity index (χ0) is 15.2. The van der Waals surface area contributed by atoms with Gasteiger partial charge in [0.05, 0.1) is 6.54 Å². The molecule has 1 atom stereocenters. The third-order valence-corrected chi connectivity index (χ3v) is 4.55. The molecule has 0 bridgehead atoms. The van der Waals surface area contributed by atoms with Gasteiger partial charge >= 0.3 is 0 Å². The maximum absolute atomic E-state index is 13.9. The fourth-order valence-corrected chi connectivity index (χ4v) is 3.52. The minimum absolute atomic E-state index is 0.0873. The maximum Gasteiger partial charge on any atom is 0.128 e. The van der Waals surface area contributed by atoms with Crippen LogP contribution in [0.1, 0.15) is 48.8 Å². The predicted molar refractivity (Wildman–Crippen MR) is 83.7 cm³/mol. The molecule has 1 aromatic heterocycles. The highest BCUT2D eigenvalue weighted by molar-refractivity contribution is 5.35. The van der Waals surface area contributed by atoms with Crippen molar-refractivity contribution >= 4 is 0 Å². The summed E-state index contributed by atoms with van der Waals surface area (Å²) in [4.78, 5) is 0. The van der Waals surface area contributed by atoms with E-state index >= 15 is 0 Å². The van der Waals surface area contributed by atoms with Crippen LogP contribution < -0.4 is 5.73 Å². The van der Waals surface area contributed by atoms with Crippen LogP contribution in [0.5, 0.6) is 0 Å². The number of fused-ring (bicyclic) bond motifs is 1. The van der Waals surface area contributed by atoms with E-state index in [1.165, 1.54) is 17.3 Å². The van der Waals surface area contributed by atoms with E-state index in [9.17, 15) is 4.39 Å². The summed E-state index contributed by atoms with van der Waals surface area (Å²) < 4.78 is 16.2. The quantitative estimate of drug-likeness (QED) is 0.890. The van der Waals surface area contributed by atoms with Crippen LogP contribution in [0.2, 0.25) is 0 Å². The van der Waals surface area contributed by atoms with E-state index in [2.05, 4.69) is 31.4 Å². The van der Waals surface area contributed by atoms with Crippen molar-refractivity contribution in [2.45, 2.75) is 46.2 Å². The molecule has 0 amide bonds. The lowest BCUT2D eigenvalue weighted by molar-refractivity contribution is 0.275. The third kappa shape index (κ3) is 2.62. The van der Waals surface area contributed by atoms with Crippen molar-refractivity contribution in [2.75, 3.05) is 0 Å². The van der Waals surface area contributed by atoms with Crippen LogP contribution in [0.3, 0.4) is 0 Å². The SMILES string of the molecule is Cc1cc2c(n1Cc1ccccc1F)CC(C)(C)CC2N. The predicted octanol–water partition coefficient (Wildman–Crippen LogP) is 3.96. The van der Waals surface area contributed by atoms with Gasteiger partial charge in [-0.25, -0.2) is 4.39 Å². The molecule has 0 fully saturated rings. The molecule has 21 heavy (non-hydrogen) atoms. The number of nitrogens with zero attached hydrogens (tertiary/aromatic N) is 1. The Balaban J connectivity index is 2.03. The van der Waals surface area contributed by atoms with Crippen LogP contribution in [-0.2, 0) is 13.0 Å². The Morgan fingerprint density at radius 2 is 2.05 bits per heavy atom. The summed E-state index contributed by atoms with van der Waals surface area (Å²) in [6.45, 7) is 7.17. The lowest BCUT2D eigenvalue weighted by Crippen LogP contribution is -2.30. The van der Waals surface area contributed by atoms with Crippen LogP contribution in [0.25, 0.3) is 0 Å². The van der Waals surface area contributed by atoms with Gasteiger partial charge in [-0.1, -0.05) is 32.0 Å². The summed E-state index contributed by atoms with van der Waals surface area (Å²) in [6, 6.07) is 9.26. The van der Waals surface area contributed by atoms with Crippen molar-refractivity contribution in [1.29, 1.82) is 0 Å². The van der Waals surface area contributed by atoms with Gasteiger partial charge in [0.15, 0.2) is 0 Å². The van der Waals surface area contributed by atoms with E-state index in [0.717, 1.165) is 24.1 Å². The molecule has 0 radical (unpaired) electrons. The Hall–Kier alpha value is -1.61. The number of hydrogen-bond donors (Lipinski definition) is 1. The first-order valence-corrected chi connectivity index (χ1v) is 7.55. The summed E-state index contributed by atoms with van der Waals surface area (Å²) in [5.74, 6) is -0.140. The Morgan fingerprint density at radius 1 is 1.33 bits per heavy atom. The summed E-state index contributed by atoms with van der Waals surface area (Å²) in [7, 11) is 0. The number of aromatic nitrogens is 1. The molecular formula is C18H23FN2. The lowest BCUT2D eigenvalue weighted by Gasteiger charge is -2.34. The maximum atomic E-state index is 13.9. The van der Waals surface area contributed by atoms with Gasteiger partial charge in [-0.2, -0.15) is 0 Å². The number of benzene rings is 1. The first-order valence-electron chi connectivity index (χ1n) is 7.55. The number of halogens is 1. The highest BCUT2D eigenvalue weighted by Gasteiger charge is 2.33. The summed E-state index contributed by atoms with van der Waals surface area (Å²) in [6.07, 6.45) is 2.00. The lowest BCUT2D eigenvalue weighted by atomic mass is 9.74. The molecule has 112 valence electrons. The Morgan fingerprint density at radius 3 is 2.76 bits per heavy atom. The molecule has 1 unspecified atom stereocenters. The molecule has 0 saturated carbocycles. The highest BCUT2D eigenvalue weighted by Crippen LogP contribution is 2.41. The monoisotopic (exact) mass is 286 g/mol. The molecule has 2 nitrogen and oxygen atoms in total. The fourth-order valence-electron chi connectivity index (χ4n) is 3.52. The van der Waals surface area contributed by atoms with Crippen molar-refractivity contribution in [3.8, 4) is 0 Å². The molecule has 0 aliphatic heterocycles. The van der Waals surface area contributed by atoms with Gasteiger partial charge in [0.1, 0.15) is 5.82 Å². The smallest absolute Gasteiger partial charge is 0.128 e. The summed E-state index contributed by atoms with van der Waals surface area (Å²) >= 11 is 0. The molecule has 1 heterocycles. The molecule has 1 aliphatic rings. The van der Waals surface area contributed by atoms with Crippen LogP contribution in [0.4, 0.5) is 4.39 Å². The second kappa shape index (κ2) is 4.99. The number of aryl methyl sites for hydroxylation is 1. The van der Waals surface area contributed by atoms with Crippen molar-refractivity contribution in [1.82, 2.24) is 4.57 Å². The molecule has 0 saturated heterocycles. The van der Waals surface area contributed by atoms with Gasteiger partial charge < -0.3 is 10.3 Å². The normalized spacial score (nSPS) is 20.3. The molecule has 3 rings (SSSR count). The second-order valence-corrected chi connectivity index (χ2v) is 7.02. The van der Waals surface area contributed by atoms with E-state index in [4.69, 9.17) is 5.73 Å². The standard InChI is InChI=1S/C18H23FN2/c1-12-8-14-16(20)9-18(2,3)10-17(14)21(12)11-13-6-4-5-7-15(13)19/h4-8,16H,9-11,20H2,1-3H3. The number of hydrogen-bond acceptors (Lipinski definition) is 1. The minimum atomic E-state index is -0.140. The Labute approximate surface area is 125 Å². The van der Waals surface area contributed by atoms with Gasteiger partial charge in [-0.05, 0) is 42.9 Å². The summed E-state index contributed by atoms with van der Waals surface area (Å²) in [5.41, 5.74) is 11.0. The third-order valence-electron chi connectivity index (χ3n) is 4.55. The topological polar surface area (TPSA) is 30.9 Å². The van der Waals surface area contributed by atoms with E-state index in [1.54, 1.807) is 6.07 Å².